The molecule has 1 rings (SSSR count). The number of nitrogens with zero attached hydrogens (tertiary/aromatic N) is 2. The summed E-state index contributed by atoms with van der Waals surface area (Å²) in [5, 5.41) is 21.8. The van der Waals surface area contributed by atoms with Gasteiger partial charge in [0.25, 0.3) is 0 Å². The maximum absolute atomic E-state index is 9.00. The Balaban J connectivity index is 2.96. The maximum Gasteiger partial charge on any atom is 0.189 e. The molecule has 0 atom stereocenters. The minimum absolute atomic E-state index is 0.398. The van der Waals surface area contributed by atoms with E-state index in [9.17, 15) is 0 Å². The van der Waals surface area contributed by atoms with Crippen LogP contribution in [0.25, 0.3) is 0 Å². The largest absolute Gasteiger partial charge is 0.362 e. The van der Waals surface area contributed by atoms with E-state index in [4.69, 9.17) is 10.2 Å². The Morgan fingerprint density at radius 1 is 1.60 bits per heavy atom. The Bertz CT molecular complexity index is 224. The molecule has 0 saturated carbocycles. The fourth-order valence-electron chi connectivity index (χ4n) is 0.666. The summed E-state index contributed by atoms with van der Waals surface area (Å²) >= 11 is 0. The number of rotatable bonds is 1. The van der Waals surface area contributed by atoms with Crippen molar-refractivity contribution >= 4 is 0 Å². The highest BCUT2D eigenvalue weighted by Crippen LogP contribution is 2.14. The van der Waals surface area contributed by atoms with Gasteiger partial charge in [0.2, 0.25) is 0 Å². The quantitative estimate of drug-likeness (QED) is 0.523. The van der Waals surface area contributed by atoms with Crippen LogP contribution in [0.1, 0.15) is 12.5 Å². The maximum atomic E-state index is 9.00. The molecule has 0 amide bonds. The molecule has 0 aliphatic heterocycles. The van der Waals surface area contributed by atoms with Crippen molar-refractivity contribution < 1.29 is 10.2 Å². The van der Waals surface area contributed by atoms with Gasteiger partial charge in [-0.1, -0.05) is 0 Å². The van der Waals surface area contributed by atoms with Crippen LogP contribution in [0.5, 0.6) is 0 Å². The van der Waals surface area contributed by atoms with Crippen LogP contribution in [0, 0.1) is 0 Å². The molecule has 10 heavy (non-hydrogen) atoms. The molecule has 2 N–H and O–H groups in total. The van der Waals surface area contributed by atoms with Crippen LogP contribution in [0.4, 0.5) is 0 Å². The zero-order valence-corrected chi connectivity index (χ0v) is 5.94. The third kappa shape index (κ3) is 1.34. The molecule has 56 valence electrons. The summed E-state index contributed by atoms with van der Waals surface area (Å²) in [6.07, 6.45) is 2.97. The summed E-state index contributed by atoms with van der Waals surface area (Å²) in [4.78, 5) is 0. The van der Waals surface area contributed by atoms with E-state index in [0.29, 0.717) is 5.56 Å². The molecule has 4 heteroatoms. The van der Waals surface area contributed by atoms with Crippen LogP contribution < -0.4 is 0 Å². The van der Waals surface area contributed by atoms with Crippen LogP contribution >= 0.6 is 0 Å². The second-order valence-corrected chi connectivity index (χ2v) is 2.42. The molecular formula is C6H10N2O2. The zero-order chi connectivity index (χ0) is 7.78. The molecule has 0 aliphatic rings. The number of aliphatic hydroxyl groups is 2. The molecule has 0 fully saturated rings. The second-order valence-electron chi connectivity index (χ2n) is 2.42. The molecule has 0 unspecified atom stereocenters. The highest BCUT2D eigenvalue weighted by molar-refractivity contribution is 5.09. The van der Waals surface area contributed by atoms with Crippen molar-refractivity contribution in [3.05, 3.63) is 18.0 Å². The Morgan fingerprint density at radius 2 is 2.20 bits per heavy atom. The normalized spacial score (nSPS) is 12.0. The molecule has 4 nitrogen and oxygen atoms in total. The van der Waals surface area contributed by atoms with Crippen LogP contribution in [0.15, 0.2) is 12.4 Å². The topological polar surface area (TPSA) is 58.3 Å². The molecule has 0 aromatic carbocycles. The fourth-order valence-corrected chi connectivity index (χ4v) is 0.666. The van der Waals surface area contributed by atoms with Gasteiger partial charge >= 0.3 is 0 Å². The molecule has 0 spiro atoms. The molecule has 1 aromatic rings. The first-order valence-corrected chi connectivity index (χ1v) is 2.94. The summed E-state index contributed by atoms with van der Waals surface area (Å²) < 4.78 is 1.51. The average molecular weight is 142 g/mol. The van der Waals surface area contributed by atoms with Gasteiger partial charge in [-0.3, -0.25) is 4.68 Å². The van der Waals surface area contributed by atoms with E-state index in [-0.39, 0.29) is 0 Å². The summed E-state index contributed by atoms with van der Waals surface area (Å²) in [6.45, 7) is 1.30. The Hall–Kier alpha value is -0.870. The van der Waals surface area contributed by atoms with E-state index >= 15 is 0 Å². The van der Waals surface area contributed by atoms with Crippen molar-refractivity contribution in [2.45, 2.75) is 12.7 Å². The predicted molar refractivity (Wildman–Crippen MR) is 35.0 cm³/mol. The van der Waals surface area contributed by atoms with Gasteiger partial charge in [0.05, 0.1) is 6.20 Å². The smallest absolute Gasteiger partial charge is 0.189 e. The molecule has 0 aliphatic carbocycles. The van der Waals surface area contributed by atoms with Gasteiger partial charge in [-0.05, 0) is 6.92 Å². The van der Waals surface area contributed by atoms with Gasteiger partial charge in [-0.25, -0.2) is 0 Å². The van der Waals surface area contributed by atoms with Crippen molar-refractivity contribution in [1.29, 1.82) is 0 Å². The van der Waals surface area contributed by atoms with Crippen LogP contribution in [0.3, 0.4) is 0 Å². The van der Waals surface area contributed by atoms with Crippen molar-refractivity contribution in [3.63, 3.8) is 0 Å². The average Bonchev–Trinajstić information content (AvgIpc) is 2.11. The first-order chi connectivity index (χ1) is 4.50. The van der Waals surface area contributed by atoms with Gasteiger partial charge in [0.15, 0.2) is 5.79 Å². The van der Waals surface area contributed by atoms with Crippen molar-refractivity contribution in [3.8, 4) is 0 Å². The predicted octanol–water partition coefficient (Wildman–Crippen LogP) is -0.423. The van der Waals surface area contributed by atoms with E-state index in [1.165, 1.54) is 17.8 Å². The summed E-state index contributed by atoms with van der Waals surface area (Å²) in [5.74, 6) is -1.77. The van der Waals surface area contributed by atoms with Gasteiger partial charge in [-0.2, -0.15) is 5.10 Å². The molecule has 0 radical (unpaired) electrons. The minimum atomic E-state index is -1.77. The molecule has 0 bridgehead atoms. The van der Waals surface area contributed by atoms with E-state index in [2.05, 4.69) is 5.10 Å². The fraction of sp³-hybridized carbons (Fsp3) is 0.500. The van der Waals surface area contributed by atoms with Gasteiger partial charge in [0.1, 0.15) is 0 Å². The Kier molecular flexibility index (Phi) is 1.50. The SMILES string of the molecule is Cn1cc(C(C)(O)O)cn1. The third-order valence-corrected chi connectivity index (χ3v) is 1.25. The van der Waals surface area contributed by atoms with Crippen LogP contribution in [-0.4, -0.2) is 20.0 Å². The van der Waals surface area contributed by atoms with E-state index in [0.717, 1.165) is 0 Å². The molecule has 0 saturated heterocycles. The lowest BCUT2D eigenvalue weighted by Crippen LogP contribution is -2.18. The lowest BCUT2D eigenvalue weighted by molar-refractivity contribution is -0.152. The second kappa shape index (κ2) is 2.07. The monoisotopic (exact) mass is 142 g/mol. The van der Waals surface area contributed by atoms with E-state index in [1.807, 2.05) is 0 Å². The van der Waals surface area contributed by atoms with Crippen molar-refractivity contribution in [2.75, 3.05) is 0 Å². The summed E-state index contributed by atoms with van der Waals surface area (Å²) in [7, 11) is 1.72. The van der Waals surface area contributed by atoms with Gasteiger partial charge in [-0.15, -0.1) is 0 Å². The lowest BCUT2D eigenvalue weighted by atomic mass is 10.2. The van der Waals surface area contributed by atoms with Crippen LogP contribution in [-0.2, 0) is 12.8 Å². The summed E-state index contributed by atoms with van der Waals surface area (Å²) in [6, 6.07) is 0. The first-order valence-electron chi connectivity index (χ1n) is 2.94. The standard InChI is InChI=1S/C6H10N2O2/c1-6(9,10)5-3-7-8(2)4-5/h3-4,9-10H,1-2H3. The van der Waals surface area contributed by atoms with Crippen molar-refractivity contribution in [1.82, 2.24) is 9.78 Å². The zero-order valence-electron chi connectivity index (χ0n) is 5.94. The van der Waals surface area contributed by atoms with Gasteiger partial charge in [0, 0.05) is 18.8 Å². The lowest BCUT2D eigenvalue weighted by Gasteiger charge is -2.11. The number of aromatic nitrogens is 2. The number of aryl methyl sites for hydroxylation is 1. The molecule has 1 heterocycles. The van der Waals surface area contributed by atoms with Gasteiger partial charge < -0.3 is 10.2 Å². The summed E-state index contributed by atoms with van der Waals surface area (Å²) in [5.41, 5.74) is 0.398. The van der Waals surface area contributed by atoms with E-state index in [1.54, 1.807) is 13.2 Å². The molecule has 1 aromatic heterocycles. The third-order valence-electron chi connectivity index (χ3n) is 1.25. The minimum Gasteiger partial charge on any atom is -0.362 e. The first kappa shape index (κ1) is 7.24. The highest BCUT2D eigenvalue weighted by Gasteiger charge is 2.19. The number of hydrogen-bond acceptors (Lipinski definition) is 3. The number of hydrogen-bond donors (Lipinski definition) is 2. The molecular weight excluding hydrogens is 132 g/mol. The van der Waals surface area contributed by atoms with E-state index < -0.39 is 5.79 Å². The Labute approximate surface area is 58.7 Å². The Morgan fingerprint density at radius 3 is 2.40 bits per heavy atom. The van der Waals surface area contributed by atoms with Crippen molar-refractivity contribution in [2.24, 2.45) is 7.05 Å². The highest BCUT2D eigenvalue weighted by atomic mass is 16.5. The van der Waals surface area contributed by atoms with Crippen LogP contribution in [0.2, 0.25) is 0 Å².